The van der Waals surface area contributed by atoms with Gasteiger partial charge in [0.05, 0.1) is 12.7 Å². The summed E-state index contributed by atoms with van der Waals surface area (Å²) in [7, 11) is 0. The monoisotopic (exact) mass is 268 g/mol. The van der Waals surface area contributed by atoms with Crippen LogP contribution in [0.3, 0.4) is 0 Å². The molecular weight excluding hydrogens is 252 g/mol. The molecule has 3 rings (SSSR count). The Labute approximate surface area is 118 Å². The van der Waals surface area contributed by atoms with E-state index in [4.69, 9.17) is 10.00 Å². The number of hydrogen-bond donors (Lipinski definition) is 0. The van der Waals surface area contributed by atoms with Crippen LogP contribution < -0.4 is 4.74 Å². The van der Waals surface area contributed by atoms with Gasteiger partial charge in [-0.25, -0.2) is 0 Å². The number of benzene rings is 1. The Morgan fingerprint density at radius 3 is 3.10 bits per heavy atom. The Hall–Kier alpha value is -2.28. The zero-order valence-corrected chi connectivity index (χ0v) is 11.2. The van der Waals surface area contributed by atoms with Crippen LogP contribution in [0.2, 0.25) is 0 Å². The highest BCUT2D eigenvalue weighted by Crippen LogP contribution is 2.28. The van der Waals surface area contributed by atoms with Crippen LogP contribution in [-0.2, 0) is 11.2 Å². The number of carbonyl (C=O) groups excluding carboxylic acids is 1. The van der Waals surface area contributed by atoms with E-state index < -0.39 is 0 Å². The van der Waals surface area contributed by atoms with Crippen molar-refractivity contribution < 1.29 is 9.53 Å². The van der Waals surface area contributed by atoms with Gasteiger partial charge in [0.2, 0.25) is 5.91 Å². The van der Waals surface area contributed by atoms with Gasteiger partial charge in [-0.1, -0.05) is 6.07 Å². The van der Waals surface area contributed by atoms with Crippen LogP contribution in [0, 0.1) is 11.3 Å². The third-order valence-electron chi connectivity index (χ3n) is 3.64. The molecule has 1 saturated carbocycles. The fourth-order valence-corrected chi connectivity index (χ4v) is 2.42. The summed E-state index contributed by atoms with van der Waals surface area (Å²) in [5, 5.41) is 8.77. The number of nitrogens with zero attached hydrogens (tertiary/aromatic N) is 2. The quantitative estimate of drug-likeness (QED) is 0.621. The van der Waals surface area contributed by atoms with Gasteiger partial charge in [-0.2, -0.15) is 5.26 Å². The molecule has 0 radical (unpaired) electrons. The minimum atomic E-state index is -0.0780. The lowest BCUT2D eigenvalue weighted by molar-refractivity contribution is -0.125. The van der Waals surface area contributed by atoms with Crippen molar-refractivity contribution in [2.75, 3.05) is 13.2 Å². The number of carbonyl (C=O) groups is 1. The molecule has 1 amide bonds. The van der Waals surface area contributed by atoms with Crippen molar-refractivity contribution in [3.05, 3.63) is 35.4 Å². The van der Waals surface area contributed by atoms with E-state index in [9.17, 15) is 4.79 Å². The Balaban J connectivity index is 1.70. The highest BCUT2D eigenvalue weighted by atomic mass is 16.5. The summed E-state index contributed by atoms with van der Waals surface area (Å²) in [6.45, 7) is 0.908. The number of amides is 1. The molecule has 1 aliphatic carbocycles. The number of fused-ring (bicyclic) bond motifs is 1. The molecule has 0 spiro atoms. The molecule has 4 nitrogen and oxygen atoms in total. The molecule has 2 aliphatic rings. The maximum atomic E-state index is 12.1. The molecule has 0 saturated heterocycles. The Bertz CT molecular complexity index is 597. The molecule has 1 heterocycles. The third kappa shape index (κ3) is 2.67. The lowest BCUT2D eigenvalue weighted by Crippen LogP contribution is -2.31. The molecular formula is C16H16N2O2. The summed E-state index contributed by atoms with van der Waals surface area (Å²) in [6, 6.07) is 8.26. The van der Waals surface area contributed by atoms with E-state index >= 15 is 0 Å². The number of nitriles is 1. The average molecular weight is 268 g/mol. The second-order valence-corrected chi connectivity index (χ2v) is 5.15. The Morgan fingerprint density at radius 2 is 2.35 bits per heavy atom. The van der Waals surface area contributed by atoms with Crippen LogP contribution in [0.4, 0.5) is 0 Å². The van der Waals surface area contributed by atoms with Crippen LogP contribution in [0.25, 0.3) is 6.08 Å². The van der Waals surface area contributed by atoms with Gasteiger partial charge >= 0.3 is 0 Å². The predicted octanol–water partition coefficient (Wildman–Crippen LogP) is 2.15. The van der Waals surface area contributed by atoms with Gasteiger partial charge in [0, 0.05) is 18.5 Å². The van der Waals surface area contributed by atoms with Gasteiger partial charge in [-0.05, 0) is 42.2 Å². The van der Waals surface area contributed by atoms with E-state index in [-0.39, 0.29) is 18.5 Å². The van der Waals surface area contributed by atoms with Crippen LogP contribution in [0.5, 0.6) is 5.75 Å². The fourth-order valence-electron chi connectivity index (χ4n) is 2.42. The molecule has 0 bridgehead atoms. The fraction of sp³-hybridized carbons (Fsp3) is 0.375. The van der Waals surface area contributed by atoms with E-state index in [0.717, 1.165) is 37.2 Å². The normalized spacial score (nSPS) is 16.6. The van der Waals surface area contributed by atoms with Crippen molar-refractivity contribution in [2.45, 2.75) is 25.3 Å². The third-order valence-corrected chi connectivity index (χ3v) is 3.64. The minimum absolute atomic E-state index is 0.0780. The van der Waals surface area contributed by atoms with Crippen molar-refractivity contribution in [3.63, 3.8) is 0 Å². The van der Waals surface area contributed by atoms with Crippen molar-refractivity contribution in [3.8, 4) is 11.8 Å². The van der Waals surface area contributed by atoms with Crippen molar-refractivity contribution in [1.29, 1.82) is 5.26 Å². The van der Waals surface area contributed by atoms with Gasteiger partial charge in [0.1, 0.15) is 12.3 Å². The zero-order valence-electron chi connectivity index (χ0n) is 11.2. The first kappa shape index (κ1) is 12.7. The predicted molar refractivity (Wildman–Crippen MR) is 75.0 cm³/mol. The molecule has 1 aliphatic heterocycles. The van der Waals surface area contributed by atoms with Crippen LogP contribution in [0.1, 0.15) is 24.0 Å². The van der Waals surface area contributed by atoms with Gasteiger partial charge < -0.3 is 9.64 Å². The first-order chi connectivity index (χ1) is 9.78. The standard InChI is InChI=1S/C16H16N2O2/c17-8-9-18(14-3-4-14)16(19)6-2-12-1-5-15-13(11-12)7-10-20-15/h1-2,5-6,11,14H,3-4,7,9-10H2/b6-2+. The molecule has 0 aromatic heterocycles. The molecule has 0 N–H and O–H groups in total. The first-order valence-electron chi connectivity index (χ1n) is 6.89. The van der Waals surface area contributed by atoms with Crippen LogP contribution in [0.15, 0.2) is 24.3 Å². The van der Waals surface area contributed by atoms with Crippen molar-refractivity contribution >= 4 is 12.0 Å². The van der Waals surface area contributed by atoms with Gasteiger partial charge in [0.15, 0.2) is 0 Å². The van der Waals surface area contributed by atoms with Gasteiger partial charge in [-0.3, -0.25) is 4.79 Å². The van der Waals surface area contributed by atoms with E-state index in [1.165, 1.54) is 5.56 Å². The minimum Gasteiger partial charge on any atom is -0.493 e. The van der Waals surface area contributed by atoms with Crippen molar-refractivity contribution in [1.82, 2.24) is 4.90 Å². The maximum Gasteiger partial charge on any atom is 0.247 e. The number of ether oxygens (including phenoxy) is 1. The number of rotatable bonds is 4. The zero-order chi connectivity index (χ0) is 13.9. The first-order valence-corrected chi connectivity index (χ1v) is 6.89. The summed E-state index contributed by atoms with van der Waals surface area (Å²) >= 11 is 0. The average Bonchev–Trinajstić information content (AvgIpc) is 3.19. The molecule has 4 heteroatoms. The van der Waals surface area contributed by atoms with E-state index in [1.54, 1.807) is 11.0 Å². The molecule has 20 heavy (non-hydrogen) atoms. The SMILES string of the molecule is N#CCN(C(=O)/C=C/c1ccc2c(c1)CCO2)C1CC1. The lowest BCUT2D eigenvalue weighted by Gasteiger charge is -2.16. The summed E-state index contributed by atoms with van der Waals surface area (Å²) in [6.07, 6.45) is 6.32. The lowest BCUT2D eigenvalue weighted by atomic mass is 10.1. The summed E-state index contributed by atoms with van der Waals surface area (Å²) in [5.41, 5.74) is 2.19. The molecule has 1 fully saturated rings. The second-order valence-electron chi connectivity index (χ2n) is 5.15. The maximum absolute atomic E-state index is 12.1. The molecule has 1 aromatic rings. The van der Waals surface area contributed by atoms with Gasteiger partial charge in [0.25, 0.3) is 0 Å². The van der Waals surface area contributed by atoms with E-state index in [2.05, 4.69) is 12.1 Å². The summed E-state index contributed by atoms with van der Waals surface area (Å²) < 4.78 is 5.45. The molecule has 0 unspecified atom stereocenters. The van der Waals surface area contributed by atoms with E-state index in [0.29, 0.717) is 0 Å². The van der Waals surface area contributed by atoms with Crippen LogP contribution in [-0.4, -0.2) is 30.0 Å². The molecule has 102 valence electrons. The highest BCUT2D eigenvalue weighted by Gasteiger charge is 2.31. The van der Waals surface area contributed by atoms with E-state index in [1.807, 2.05) is 18.2 Å². The molecule has 0 atom stereocenters. The van der Waals surface area contributed by atoms with Crippen molar-refractivity contribution in [2.24, 2.45) is 0 Å². The smallest absolute Gasteiger partial charge is 0.247 e. The Morgan fingerprint density at radius 1 is 1.50 bits per heavy atom. The van der Waals surface area contributed by atoms with Crippen LogP contribution >= 0.6 is 0 Å². The van der Waals surface area contributed by atoms with Gasteiger partial charge in [-0.15, -0.1) is 0 Å². The summed E-state index contributed by atoms with van der Waals surface area (Å²) in [5.74, 6) is 0.864. The highest BCUT2D eigenvalue weighted by molar-refractivity contribution is 5.92. The largest absolute Gasteiger partial charge is 0.493 e. The second kappa shape index (κ2) is 5.38. The summed E-state index contributed by atoms with van der Waals surface area (Å²) in [4.78, 5) is 13.7. The molecule has 1 aromatic carbocycles. The number of hydrogen-bond acceptors (Lipinski definition) is 3. The Kier molecular flexibility index (Phi) is 3.42. The topological polar surface area (TPSA) is 53.3 Å².